The second-order valence-corrected chi connectivity index (χ2v) is 3.04. The molecule has 0 aromatic rings. The van der Waals surface area contributed by atoms with Gasteiger partial charge in [0.15, 0.2) is 0 Å². The summed E-state index contributed by atoms with van der Waals surface area (Å²) in [5.74, 6) is -3.19. The van der Waals surface area contributed by atoms with Crippen molar-refractivity contribution in [2.24, 2.45) is 5.92 Å². The van der Waals surface area contributed by atoms with Crippen LogP contribution in [0.25, 0.3) is 0 Å². The molecule has 1 amide bonds. The standard InChI is InChI=1S/C8H12F3NO3/c1-2-5(7(14)15)4-12-6(13)3-8(9,10)11/h5H,2-4H2,1H3,(H,12,13)(H,14,15). The molecule has 0 saturated carbocycles. The fourth-order valence-electron chi connectivity index (χ4n) is 0.888. The van der Waals surface area contributed by atoms with E-state index in [1.165, 1.54) is 0 Å². The Balaban J connectivity index is 3.94. The SMILES string of the molecule is CCC(CNC(=O)CC(F)(F)F)C(=O)O. The normalized spacial score (nSPS) is 13.3. The van der Waals surface area contributed by atoms with E-state index in [-0.39, 0.29) is 13.0 Å². The van der Waals surface area contributed by atoms with E-state index >= 15 is 0 Å². The van der Waals surface area contributed by atoms with E-state index in [0.717, 1.165) is 0 Å². The van der Waals surface area contributed by atoms with Crippen molar-refractivity contribution in [1.29, 1.82) is 0 Å². The number of amides is 1. The molecular formula is C8H12F3NO3. The molecular weight excluding hydrogens is 215 g/mol. The topological polar surface area (TPSA) is 66.4 Å². The number of carbonyl (C=O) groups excluding carboxylic acids is 1. The molecule has 88 valence electrons. The monoisotopic (exact) mass is 227 g/mol. The number of carboxylic acids is 1. The summed E-state index contributed by atoms with van der Waals surface area (Å²) >= 11 is 0. The first-order valence-corrected chi connectivity index (χ1v) is 4.32. The molecule has 4 nitrogen and oxygen atoms in total. The van der Waals surface area contributed by atoms with Gasteiger partial charge in [0.05, 0.1) is 5.92 Å². The number of halogens is 3. The predicted molar refractivity (Wildman–Crippen MR) is 45.1 cm³/mol. The molecule has 1 atom stereocenters. The average molecular weight is 227 g/mol. The highest BCUT2D eigenvalue weighted by Crippen LogP contribution is 2.18. The van der Waals surface area contributed by atoms with Crippen molar-refractivity contribution >= 4 is 11.9 Å². The van der Waals surface area contributed by atoms with Crippen LogP contribution in [0.1, 0.15) is 19.8 Å². The van der Waals surface area contributed by atoms with Crippen molar-refractivity contribution in [3.63, 3.8) is 0 Å². The van der Waals surface area contributed by atoms with E-state index in [9.17, 15) is 22.8 Å². The molecule has 0 bridgehead atoms. The molecule has 0 aliphatic heterocycles. The quantitative estimate of drug-likeness (QED) is 0.740. The van der Waals surface area contributed by atoms with Gasteiger partial charge in [0.25, 0.3) is 0 Å². The summed E-state index contributed by atoms with van der Waals surface area (Å²) in [5, 5.41) is 10.5. The molecule has 0 radical (unpaired) electrons. The first kappa shape index (κ1) is 13.7. The molecule has 1 unspecified atom stereocenters. The maximum absolute atomic E-state index is 11.7. The lowest BCUT2D eigenvalue weighted by Gasteiger charge is -2.11. The van der Waals surface area contributed by atoms with Crippen LogP contribution >= 0.6 is 0 Å². The summed E-state index contributed by atoms with van der Waals surface area (Å²) in [6.07, 6.45) is -5.89. The first-order chi connectivity index (χ1) is 6.76. The lowest BCUT2D eigenvalue weighted by molar-refractivity contribution is -0.153. The number of carboxylic acid groups (broad SMARTS) is 1. The van der Waals surface area contributed by atoms with Crippen LogP contribution in [0.5, 0.6) is 0 Å². The molecule has 0 spiro atoms. The van der Waals surface area contributed by atoms with Crippen molar-refractivity contribution in [1.82, 2.24) is 5.32 Å². The molecule has 0 aromatic heterocycles. The van der Waals surface area contributed by atoms with Crippen LogP contribution in [-0.4, -0.2) is 29.7 Å². The Morgan fingerprint density at radius 3 is 2.27 bits per heavy atom. The highest BCUT2D eigenvalue weighted by Gasteiger charge is 2.31. The van der Waals surface area contributed by atoms with E-state index in [2.05, 4.69) is 0 Å². The first-order valence-electron chi connectivity index (χ1n) is 4.32. The minimum absolute atomic E-state index is 0.252. The van der Waals surface area contributed by atoms with Gasteiger partial charge in [0.2, 0.25) is 5.91 Å². The molecule has 15 heavy (non-hydrogen) atoms. The number of nitrogens with one attached hydrogen (secondary N) is 1. The summed E-state index contributed by atoms with van der Waals surface area (Å²) in [5.41, 5.74) is 0. The molecule has 0 aromatic carbocycles. The minimum atomic E-state index is -4.56. The number of hydrogen-bond donors (Lipinski definition) is 2. The van der Waals surface area contributed by atoms with Gasteiger partial charge in [-0.3, -0.25) is 9.59 Å². The lowest BCUT2D eigenvalue weighted by atomic mass is 10.1. The van der Waals surface area contributed by atoms with Crippen molar-refractivity contribution in [2.45, 2.75) is 25.9 Å². The summed E-state index contributed by atoms with van der Waals surface area (Å²) < 4.78 is 35.1. The van der Waals surface area contributed by atoms with Gasteiger partial charge in [-0.05, 0) is 6.42 Å². The molecule has 0 aliphatic carbocycles. The fraction of sp³-hybridized carbons (Fsp3) is 0.750. The zero-order valence-electron chi connectivity index (χ0n) is 8.10. The largest absolute Gasteiger partial charge is 0.481 e. The van der Waals surface area contributed by atoms with Crippen LogP contribution in [0.4, 0.5) is 13.2 Å². The third-order valence-electron chi connectivity index (χ3n) is 1.75. The Hall–Kier alpha value is -1.27. The fourth-order valence-corrected chi connectivity index (χ4v) is 0.888. The second kappa shape index (κ2) is 5.57. The van der Waals surface area contributed by atoms with Crippen LogP contribution in [-0.2, 0) is 9.59 Å². The number of carbonyl (C=O) groups is 2. The number of rotatable bonds is 5. The van der Waals surface area contributed by atoms with Gasteiger partial charge >= 0.3 is 12.1 Å². The van der Waals surface area contributed by atoms with Crippen LogP contribution < -0.4 is 5.32 Å². The number of aliphatic carboxylic acids is 1. The molecule has 0 saturated heterocycles. The Morgan fingerprint density at radius 2 is 1.93 bits per heavy atom. The zero-order chi connectivity index (χ0) is 12.1. The molecule has 0 heterocycles. The van der Waals surface area contributed by atoms with Gasteiger partial charge < -0.3 is 10.4 Å². The number of alkyl halides is 3. The van der Waals surface area contributed by atoms with E-state index in [1.807, 2.05) is 5.32 Å². The summed E-state index contributed by atoms with van der Waals surface area (Å²) in [7, 11) is 0. The number of hydrogen-bond acceptors (Lipinski definition) is 2. The molecule has 0 rings (SSSR count). The van der Waals surface area contributed by atoms with Crippen molar-refractivity contribution < 1.29 is 27.9 Å². The Kier molecular flexibility index (Phi) is 5.10. The summed E-state index contributed by atoms with van der Waals surface area (Å²) in [6, 6.07) is 0. The van der Waals surface area contributed by atoms with E-state index in [0.29, 0.717) is 0 Å². The van der Waals surface area contributed by atoms with Crippen molar-refractivity contribution in [3.05, 3.63) is 0 Å². The Bertz CT molecular complexity index is 240. The van der Waals surface area contributed by atoms with Gasteiger partial charge in [0.1, 0.15) is 6.42 Å². The third-order valence-corrected chi connectivity index (χ3v) is 1.75. The maximum Gasteiger partial charge on any atom is 0.397 e. The van der Waals surface area contributed by atoms with E-state index < -0.39 is 30.4 Å². The van der Waals surface area contributed by atoms with Gasteiger partial charge in [-0.1, -0.05) is 6.92 Å². The van der Waals surface area contributed by atoms with E-state index in [1.54, 1.807) is 6.92 Å². The Labute approximate surface area is 84.5 Å². The molecule has 2 N–H and O–H groups in total. The van der Waals surface area contributed by atoms with Gasteiger partial charge in [-0.15, -0.1) is 0 Å². The third kappa shape index (κ3) is 6.75. The Morgan fingerprint density at radius 1 is 1.40 bits per heavy atom. The van der Waals surface area contributed by atoms with Gasteiger partial charge in [-0.2, -0.15) is 13.2 Å². The second-order valence-electron chi connectivity index (χ2n) is 3.04. The summed E-state index contributed by atoms with van der Waals surface area (Å²) in [6.45, 7) is 1.30. The van der Waals surface area contributed by atoms with E-state index in [4.69, 9.17) is 5.11 Å². The molecule has 7 heteroatoms. The molecule has 0 fully saturated rings. The van der Waals surface area contributed by atoms with Gasteiger partial charge in [-0.25, -0.2) is 0 Å². The average Bonchev–Trinajstić information content (AvgIpc) is 2.01. The van der Waals surface area contributed by atoms with Crippen LogP contribution in [0.15, 0.2) is 0 Å². The van der Waals surface area contributed by atoms with Crippen LogP contribution in [0.3, 0.4) is 0 Å². The van der Waals surface area contributed by atoms with Gasteiger partial charge in [0, 0.05) is 6.54 Å². The summed E-state index contributed by atoms with van der Waals surface area (Å²) in [4.78, 5) is 21.1. The lowest BCUT2D eigenvalue weighted by Crippen LogP contribution is -2.34. The predicted octanol–water partition coefficient (Wildman–Crippen LogP) is 1.17. The zero-order valence-corrected chi connectivity index (χ0v) is 8.10. The van der Waals surface area contributed by atoms with Crippen LogP contribution in [0, 0.1) is 5.92 Å². The smallest absolute Gasteiger partial charge is 0.397 e. The van der Waals surface area contributed by atoms with Crippen molar-refractivity contribution in [2.75, 3.05) is 6.54 Å². The highest BCUT2D eigenvalue weighted by atomic mass is 19.4. The molecule has 0 aliphatic rings. The van der Waals surface area contributed by atoms with Crippen LogP contribution in [0.2, 0.25) is 0 Å². The maximum atomic E-state index is 11.7. The van der Waals surface area contributed by atoms with Crippen molar-refractivity contribution in [3.8, 4) is 0 Å². The minimum Gasteiger partial charge on any atom is -0.481 e. The highest BCUT2D eigenvalue weighted by molar-refractivity contribution is 5.77.